The molecule has 0 bridgehead atoms. The van der Waals surface area contributed by atoms with Crippen LogP contribution in [0.5, 0.6) is 0 Å². The van der Waals surface area contributed by atoms with E-state index in [1.165, 1.54) is 4.90 Å². The van der Waals surface area contributed by atoms with Gasteiger partial charge in [-0.2, -0.15) is 5.26 Å². The fraction of sp³-hybridized carbons (Fsp3) is 0.118. The second kappa shape index (κ2) is 7.15. The first kappa shape index (κ1) is 15.4. The summed E-state index contributed by atoms with van der Waals surface area (Å²) in [4.78, 5) is 26.6. The zero-order valence-electron chi connectivity index (χ0n) is 12.8. The number of carbonyl (C=O) groups is 1. The molecule has 0 saturated carbocycles. The molecule has 7 heteroatoms. The smallest absolute Gasteiger partial charge is 0.247 e. The Bertz CT molecular complexity index is 854. The summed E-state index contributed by atoms with van der Waals surface area (Å²) < 4.78 is 1.69. The lowest BCUT2D eigenvalue weighted by Crippen LogP contribution is -2.34. The minimum absolute atomic E-state index is 0.0159. The van der Waals surface area contributed by atoms with Crippen LogP contribution >= 0.6 is 0 Å². The molecule has 118 valence electrons. The van der Waals surface area contributed by atoms with E-state index >= 15 is 0 Å². The fourth-order valence-electron chi connectivity index (χ4n) is 2.32. The van der Waals surface area contributed by atoms with Gasteiger partial charge in [0, 0.05) is 30.5 Å². The van der Waals surface area contributed by atoms with Gasteiger partial charge in [-0.3, -0.25) is 14.7 Å². The molecule has 3 aromatic rings. The Morgan fingerprint density at radius 1 is 1.17 bits per heavy atom. The van der Waals surface area contributed by atoms with Crippen molar-refractivity contribution in [2.24, 2.45) is 0 Å². The predicted molar refractivity (Wildman–Crippen MR) is 87.7 cm³/mol. The molecule has 0 radical (unpaired) electrons. The van der Waals surface area contributed by atoms with Crippen molar-refractivity contribution in [3.8, 4) is 17.6 Å². The van der Waals surface area contributed by atoms with Crippen LogP contribution in [0.25, 0.3) is 11.5 Å². The van der Waals surface area contributed by atoms with Gasteiger partial charge in [-0.25, -0.2) is 9.97 Å². The molecule has 0 aliphatic carbocycles. The fourth-order valence-corrected chi connectivity index (χ4v) is 2.32. The minimum Gasteiger partial charge on any atom is -0.320 e. The van der Waals surface area contributed by atoms with Gasteiger partial charge in [-0.1, -0.05) is 18.2 Å². The van der Waals surface area contributed by atoms with Gasteiger partial charge in [0.2, 0.25) is 5.91 Å². The van der Waals surface area contributed by atoms with Gasteiger partial charge in [0.25, 0.3) is 0 Å². The largest absolute Gasteiger partial charge is 0.320 e. The number of aromatic nitrogens is 4. The highest BCUT2D eigenvalue weighted by atomic mass is 16.2. The van der Waals surface area contributed by atoms with Gasteiger partial charge in [0.05, 0.1) is 12.3 Å². The Labute approximate surface area is 138 Å². The molecular weight excluding hydrogens is 304 g/mol. The molecule has 2 heterocycles. The number of hydrogen-bond acceptors (Lipinski definition) is 5. The summed E-state index contributed by atoms with van der Waals surface area (Å²) in [6.07, 6.45) is 8.05. The van der Waals surface area contributed by atoms with Crippen LogP contribution in [0.1, 0.15) is 0 Å². The van der Waals surface area contributed by atoms with E-state index in [1.54, 1.807) is 47.7 Å². The Balaban J connectivity index is 1.84. The summed E-state index contributed by atoms with van der Waals surface area (Å²) in [5.74, 6) is 0.354. The second-order valence-electron chi connectivity index (χ2n) is 4.94. The lowest BCUT2D eigenvalue weighted by molar-refractivity contribution is -0.119. The number of hydrogen-bond donors (Lipinski definition) is 0. The summed E-state index contributed by atoms with van der Waals surface area (Å²) in [6.45, 7) is 0.0422. The zero-order valence-corrected chi connectivity index (χ0v) is 12.8. The third-order valence-electron chi connectivity index (χ3n) is 3.41. The summed E-state index contributed by atoms with van der Waals surface area (Å²) in [7, 11) is 0. The predicted octanol–water partition coefficient (Wildman–Crippen LogP) is 1.90. The van der Waals surface area contributed by atoms with E-state index < -0.39 is 0 Å². The molecule has 24 heavy (non-hydrogen) atoms. The number of nitriles is 1. The standard InChI is InChI=1S/C17H14N6O/c18-6-10-23(14-4-2-1-3-5-14)16(24)13-22-11-9-21-17(22)15-12-19-7-8-20-15/h1-5,7-9,11-12H,10,13H2. The van der Waals surface area contributed by atoms with E-state index in [0.717, 1.165) is 0 Å². The van der Waals surface area contributed by atoms with E-state index in [2.05, 4.69) is 15.0 Å². The van der Waals surface area contributed by atoms with E-state index in [0.29, 0.717) is 17.2 Å². The van der Waals surface area contributed by atoms with Crippen LogP contribution < -0.4 is 4.90 Å². The number of para-hydroxylation sites is 1. The quantitative estimate of drug-likeness (QED) is 0.670. The third kappa shape index (κ3) is 3.28. The first-order valence-electron chi connectivity index (χ1n) is 7.29. The monoisotopic (exact) mass is 318 g/mol. The van der Waals surface area contributed by atoms with E-state index in [-0.39, 0.29) is 19.0 Å². The topological polar surface area (TPSA) is 87.7 Å². The van der Waals surface area contributed by atoms with Gasteiger partial charge >= 0.3 is 0 Å². The summed E-state index contributed by atoms with van der Waals surface area (Å²) in [5, 5.41) is 9.02. The van der Waals surface area contributed by atoms with Crippen molar-refractivity contribution in [2.45, 2.75) is 6.54 Å². The number of anilines is 1. The molecule has 0 aliphatic heterocycles. The van der Waals surface area contributed by atoms with Crippen LogP contribution in [0.15, 0.2) is 61.3 Å². The van der Waals surface area contributed by atoms with Crippen molar-refractivity contribution in [3.63, 3.8) is 0 Å². The van der Waals surface area contributed by atoms with E-state index in [9.17, 15) is 4.79 Å². The average Bonchev–Trinajstić information content (AvgIpc) is 3.09. The maximum absolute atomic E-state index is 12.7. The van der Waals surface area contributed by atoms with Gasteiger partial charge in [-0.05, 0) is 12.1 Å². The second-order valence-corrected chi connectivity index (χ2v) is 4.94. The maximum atomic E-state index is 12.7. The highest BCUT2D eigenvalue weighted by Gasteiger charge is 2.18. The molecule has 1 aromatic carbocycles. The lowest BCUT2D eigenvalue weighted by atomic mass is 10.3. The van der Waals surface area contributed by atoms with Crippen molar-refractivity contribution in [3.05, 3.63) is 61.3 Å². The van der Waals surface area contributed by atoms with Crippen molar-refractivity contribution in [1.29, 1.82) is 5.26 Å². The van der Waals surface area contributed by atoms with Crippen LogP contribution in [-0.2, 0) is 11.3 Å². The molecule has 0 N–H and O–H groups in total. The molecule has 0 fully saturated rings. The van der Waals surface area contributed by atoms with Crippen molar-refractivity contribution in [1.82, 2.24) is 19.5 Å². The van der Waals surface area contributed by atoms with E-state index in [4.69, 9.17) is 5.26 Å². The molecule has 3 rings (SSSR count). The summed E-state index contributed by atoms with van der Waals surface area (Å²) in [5.41, 5.74) is 1.27. The molecular formula is C17H14N6O. The summed E-state index contributed by atoms with van der Waals surface area (Å²) >= 11 is 0. The molecule has 0 unspecified atom stereocenters. The first-order valence-corrected chi connectivity index (χ1v) is 7.29. The highest BCUT2D eigenvalue weighted by molar-refractivity contribution is 5.93. The number of imidazole rings is 1. The molecule has 2 aromatic heterocycles. The summed E-state index contributed by atoms with van der Waals surface area (Å²) in [6, 6.07) is 11.1. The number of nitrogens with zero attached hydrogens (tertiary/aromatic N) is 6. The number of carbonyl (C=O) groups excluding carboxylic acids is 1. The first-order chi connectivity index (χ1) is 11.8. The number of amides is 1. The Morgan fingerprint density at radius 3 is 2.71 bits per heavy atom. The Kier molecular flexibility index (Phi) is 4.58. The molecule has 1 amide bonds. The molecule has 0 atom stereocenters. The SMILES string of the molecule is N#CCN(C(=O)Cn1ccnc1-c1cnccn1)c1ccccc1. The highest BCUT2D eigenvalue weighted by Crippen LogP contribution is 2.16. The average molecular weight is 318 g/mol. The molecule has 7 nitrogen and oxygen atoms in total. The van der Waals surface area contributed by atoms with Gasteiger partial charge < -0.3 is 4.57 Å². The molecule has 0 spiro atoms. The van der Waals surface area contributed by atoms with Crippen molar-refractivity contribution >= 4 is 11.6 Å². The van der Waals surface area contributed by atoms with E-state index in [1.807, 2.05) is 24.3 Å². The maximum Gasteiger partial charge on any atom is 0.247 e. The number of benzene rings is 1. The van der Waals surface area contributed by atoms with Crippen LogP contribution in [0.4, 0.5) is 5.69 Å². The molecule has 0 saturated heterocycles. The Morgan fingerprint density at radius 2 is 2.00 bits per heavy atom. The lowest BCUT2D eigenvalue weighted by Gasteiger charge is -2.20. The van der Waals surface area contributed by atoms with Gasteiger partial charge in [-0.15, -0.1) is 0 Å². The van der Waals surface area contributed by atoms with Gasteiger partial charge in [0.1, 0.15) is 18.8 Å². The minimum atomic E-state index is -0.203. The normalized spacial score (nSPS) is 10.1. The molecule has 0 aliphatic rings. The van der Waals surface area contributed by atoms with Crippen molar-refractivity contribution < 1.29 is 4.79 Å². The van der Waals surface area contributed by atoms with Gasteiger partial charge in [0.15, 0.2) is 5.82 Å². The zero-order chi connectivity index (χ0) is 16.8. The van der Waals surface area contributed by atoms with Crippen LogP contribution in [0.2, 0.25) is 0 Å². The third-order valence-corrected chi connectivity index (χ3v) is 3.41. The van der Waals surface area contributed by atoms with Crippen LogP contribution in [0, 0.1) is 11.3 Å². The Hall–Kier alpha value is -3.53. The number of rotatable bonds is 5. The van der Waals surface area contributed by atoms with Crippen LogP contribution in [0.3, 0.4) is 0 Å². The van der Waals surface area contributed by atoms with Crippen LogP contribution in [-0.4, -0.2) is 32.0 Å². The van der Waals surface area contributed by atoms with Crippen molar-refractivity contribution in [2.75, 3.05) is 11.4 Å².